The number of H-pyrrole nitrogens is 1. The SMILES string of the molecule is CCCCN1C(=O)c2[nH]nc(-c3ccc(C)cc3)c2C1c1cccc(Br)c1. The Labute approximate surface area is 167 Å². The molecule has 0 saturated heterocycles. The van der Waals surface area contributed by atoms with Crippen LogP contribution in [-0.4, -0.2) is 27.5 Å². The molecule has 2 heterocycles. The van der Waals surface area contributed by atoms with Gasteiger partial charge < -0.3 is 4.90 Å². The van der Waals surface area contributed by atoms with Gasteiger partial charge in [0.2, 0.25) is 0 Å². The van der Waals surface area contributed by atoms with Crippen molar-refractivity contribution in [1.82, 2.24) is 15.1 Å². The molecule has 0 radical (unpaired) electrons. The lowest BCUT2D eigenvalue weighted by Gasteiger charge is -2.26. The van der Waals surface area contributed by atoms with Crippen LogP contribution in [-0.2, 0) is 0 Å². The second kappa shape index (κ2) is 7.31. The largest absolute Gasteiger partial charge is 0.326 e. The molecule has 0 spiro atoms. The molecule has 4 rings (SSSR count). The first-order valence-electron chi connectivity index (χ1n) is 9.32. The maximum atomic E-state index is 13.1. The molecular weight excluding hydrogens is 402 g/mol. The summed E-state index contributed by atoms with van der Waals surface area (Å²) in [6, 6.07) is 16.4. The number of halogens is 1. The van der Waals surface area contributed by atoms with E-state index in [9.17, 15) is 4.79 Å². The fourth-order valence-corrected chi connectivity index (χ4v) is 4.13. The molecule has 0 bridgehead atoms. The van der Waals surface area contributed by atoms with E-state index in [0.717, 1.165) is 46.2 Å². The molecule has 1 aromatic heterocycles. The molecule has 1 atom stereocenters. The van der Waals surface area contributed by atoms with Crippen molar-refractivity contribution in [3.05, 3.63) is 75.4 Å². The van der Waals surface area contributed by atoms with Crippen LogP contribution in [0.2, 0.25) is 0 Å². The van der Waals surface area contributed by atoms with Gasteiger partial charge in [-0.3, -0.25) is 9.89 Å². The summed E-state index contributed by atoms with van der Waals surface area (Å²) < 4.78 is 1.01. The summed E-state index contributed by atoms with van der Waals surface area (Å²) in [5, 5.41) is 7.53. The van der Waals surface area contributed by atoms with Gasteiger partial charge in [-0.25, -0.2) is 0 Å². The molecule has 1 unspecified atom stereocenters. The van der Waals surface area contributed by atoms with Crippen LogP contribution in [0.5, 0.6) is 0 Å². The number of unbranched alkanes of at least 4 members (excludes halogenated alkanes) is 1. The third-order valence-corrected chi connectivity index (χ3v) is 5.60. The number of carbonyl (C=O) groups is 1. The lowest BCUT2D eigenvalue weighted by molar-refractivity contribution is 0.0741. The average molecular weight is 424 g/mol. The van der Waals surface area contributed by atoms with E-state index < -0.39 is 0 Å². The summed E-state index contributed by atoms with van der Waals surface area (Å²) in [6.07, 6.45) is 2.03. The van der Waals surface area contributed by atoms with Crippen LogP contribution in [0.4, 0.5) is 0 Å². The van der Waals surface area contributed by atoms with Crippen molar-refractivity contribution in [3.63, 3.8) is 0 Å². The number of nitrogens with zero attached hydrogens (tertiary/aromatic N) is 2. The molecule has 2 aromatic carbocycles. The molecule has 4 nitrogen and oxygen atoms in total. The maximum absolute atomic E-state index is 13.1. The average Bonchev–Trinajstić information content (AvgIpc) is 3.20. The van der Waals surface area contributed by atoms with Gasteiger partial charge in [-0.15, -0.1) is 0 Å². The lowest BCUT2D eigenvalue weighted by atomic mass is 9.95. The number of aromatic nitrogens is 2. The molecule has 1 N–H and O–H groups in total. The zero-order chi connectivity index (χ0) is 19.0. The number of hydrogen-bond acceptors (Lipinski definition) is 2. The summed E-state index contributed by atoms with van der Waals surface area (Å²) in [5.74, 6) is 0.0364. The molecular formula is C22H22BrN3O. The molecule has 138 valence electrons. The van der Waals surface area contributed by atoms with Crippen molar-refractivity contribution in [1.29, 1.82) is 0 Å². The van der Waals surface area contributed by atoms with Gasteiger partial charge in [0.25, 0.3) is 5.91 Å². The van der Waals surface area contributed by atoms with Crippen molar-refractivity contribution in [2.45, 2.75) is 32.7 Å². The molecule has 1 amide bonds. The Balaban J connectivity index is 1.86. The highest BCUT2D eigenvalue weighted by Gasteiger charge is 2.41. The van der Waals surface area contributed by atoms with Gasteiger partial charge >= 0.3 is 0 Å². The van der Waals surface area contributed by atoms with E-state index in [-0.39, 0.29) is 11.9 Å². The first-order chi connectivity index (χ1) is 13.1. The van der Waals surface area contributed by atoms with Crippen LogP contribution in [0, 0.1) is 6.92 Å². The maximum Gasteiger partial charge on any atom is 0.273 e. The number of fused-ring (bicyclic) bond motifs is 1. The Hall–Kier alpha value is -2.40. The van der Waals surface area contributed by atoms with E-state index >= 15 is 0 Å². The molecule has 3 aromatic rings. The quantitative estimate of drug-likeness (QED) is 0.589. The lowest BCUT2D eigenvalue weighted by Crippen LogP contribution is -2.30. The number of aromatic amines is 1. The zero-order valence-corrected chi connectivity index (χ0v) is 17.1. The first kappa shape index (κ1) is 18.0. The predicted octanol–water partition coefficient (Wildman–Crippen LogP) is 5.49. The molecule has 0 fully saturated rings. The minimum Gasteiger partial charge on any atom is -0.326 e. The molecule has 1 aliphatic rings. The van der Waals surface area contributed by atoms with E-state index in [4.69, 9.17) is 0 Å². The third kappa shape index (κ3) is 3.21. The highest BCUT2D eigenvalue weighted by atomic mass is 79.9. The Bertz CT molecular complexity index is 977. The Morgan fingerprint density at radius 1 is 1.19 bits per heavy atom. The van der Waals surface area contributed by atoms with Crippen LogP contribution in [0.3, 0.4) is 0 Å². The normalized spacial score (nSPS) is 16.0. The van der Waals surface area contributed by atoms with Gasteiger partial charge in [0.1, 0.15) is 5.69 Å². The standard InChI is InChI=1S/C22H22BrN3O/c1-3-4-12-26-21(16-6-5-7-17(23)13-16)18-19(24-25-20(18)22(26)27)15-10-8-14(2)9-11-15/h5-11,13,21H,3-4,12H2,1-2H3,(H,24,25). The van der Waals surface area contributed by atoms with Gasteiger partial charge in [0, 0.05) is 22.1 Å². The number of amides is 1. The summed E-state index contributed by atoms with van der Waals surface area (Å²) in [7, 11) is 0. The highest BCUT2D eigenvalue weighted by molar-refractivity contribution is 9.10. The molecule has 0 saturated carbocycles. The summed E-state index contributed by atoms with van der Waals surface area (Å²) >= 11 is 3.57. The number of hydrogen-bond donors (Lipinski definition) is 1. The second-order valence-electron chi connectivity index (χ2n) is 7.04. The van der Waals surface area contributed by atoms with E-state index in [1.807, 2.05) is 17.0 Å². The fourth-order valence-electron chi connectivity index (χ4n) is 3.71. The van der Waals surface area contributed by atoms with Gasteiger partial charge in [0.05, 0.1) is 11.7 Å². The van der Waals surface area contributed by atoms with Crippen LogP contribution in [0.1, 0.15) is 53.0 Å². The zero-order valence-electron chi connectivity index (χ0n) is 15.5. The fraction of sp³-hybridized carbons (Fsp3) is 0.273. The number of carbonyl (C=O) groups excluding carboxylic acids is 1. The number of nitrogens with one attached hydrogen (secondary N) is 1. The Kier molecular flexibility index (Phi) is 4.87. The minimum absolute atomic E-state index is 0.0364. The van der Waals surface area contributed by atoms with Crippen molar-refractivity contribution < 1.29 is 4.79 Å². The molecule has 1 aliphatic heterocycles. The summed E-state index contributed by atoms with van der Waals surface area (Å²) in [5.41, 5.74) is 5.80. The Morgan fingerprint density at radius 3 is 2.67 bits per heavy atom. The predicted molar refractivity (Wildman–Crippen MR) is 111 cm³/mol. The highest BCUT2D eigenvalue weighted by Crippen LogP contribution is 2.43. The van der Waals surface area contributed by atoms with Gasteiger partial charge in [0.15, 0.2) is 0 Å². The minimum atomic E-state index is -0.119. The van der Waals surface area contributed by atoms with Crippen molar-refractivity contribution in [2.24, 2.45) is 0 Å². The number of aryl methyl sites for hydroxylation is 1. The van der Waals surface area contributed by atoms with E-state index in [0.29, 0.717) is 5.69 Å². The van der Waals surface area contributed by atoms with E-state index in [1.54, 1.807) is 0 Å². The molecule has 5 heteroatoms. The van der Waals surface area contributed by atoms with Crippen molar-refractivity contribution in [2.75, 3.05) is 6.54 Å². The van der Waals surface area contributed by atoms with Gasteiger partial charge in [-0.1, -0.05) is 71.2 Å². The van der Waals surface area contributed by atoms with Crippen LogP contribution < -0.4 is 0 Å². The smallest absolute Gasteiger partial charge is 0.273 e. The van der Waals surface area contributed by atoms with Gasteiger partial charge in [-0.2, -0.15) is 5.10 Å². The number of rotatable bonds is 5. The first-order valence-corrected chi connectivity index (χ1v) is 10.1. The Morgan fingerprint density at radius 2 is 1.96 bits per heavy atom. The van der Waals surface area contributed by atoms with Crippen LogP contribution >= 0.6 is 15.9 Å². The van der Waals surface area contributed by atoms with E-state index in [1.165, 1.54) is 5.56 Å². The topological polar surface area (TPSA) is 49.0 Å². The molecule has 0 aliphatic carbocycles. The van der Waals surface area contributed by atoms with Crippen molar-refractivity contribution in [3.8, 4) is 11.3 Å². The van der Waals surface area contributed by atoms with Crippen LogP contribution in [0.15, 0.2) is 53.0 Å². The molecule has 27 heavy (non-hydrogen) atoms. The monoisotopic (exact) mass is 423 g/mol. The number of benzene rings is 2. The van der Waals surface area contributed by atoms with Gasteiger partial charge in [-0.05, 0) is 31.0 Å². The van der Waals surface area contributed by atoms with Crippen LogP contribution in [0.25, 0.3) is 11.3 Å². The van der Waals surface area contributed by atoms with Crippen molar-refractivity contribution >= 4 is 21.8 Å². The summed E-state index contributed by atoms with van der Waals surface area (Å²) in [6.45, 7) is 4.95. The second-order valence-corrected chi connectivity index (χ2v) is 7.95. The van der Waals surface area contributed by atoms with E-state index in [2.05, 4.69) is 76.4 Å². The third-order valence-electron chi connectivity index (χ3n) is 5.11. The summed E-state index contributed by atoms with van der Waals surface area (Å²) in [4.78, 5) is 15.1.